The number of aromatic nitrogens is 5. The average Bonchev–Trinajstić information content (AvgIpc) is 3.43. The van der Waals surface area contributed by atoms with Crippen LogP contribution in [0.15, 0.2) is 42.7 Å². The molecule has 0 spiro atoms. The Morgan fingerprint density at radius 1 is 1.20 bits per heavy atom. The van der Waals surface area contributed by atoms with Gasteiger partial charge in [-0.1, -0.05) is 13.8 Å². The van der Waals surface area contributed by atoms with Crippen LogP contribution in [0.25, 0.3) is 16.7 Å². The van der Waals surface area contributed by atoms with Gasteiger partial charge in [0.25, 0.3) is 5.91 Å². The number of carbonyl (C=O) groups excluding carboxylic acids is 1. The molecule has 35 heavy (non-hydrogen) atoms. The van der Waals surface area contributed by atoms with Gasteiger partial charge in [0.15, 0.2) is 17.5 Å². The molecular formula is C24H30FN9O. The minimum atomic E-state index is -0.795. The van der Waals surface area contributed by atoms with Crippen molar-refractivity contribution in [2.75, 3.05) is 10.6 Å². The molecule has 1 amide bonds. The summed E-state index contributed by atoms with van der Waals surface area (Å²) in [4.78, 5) is 16.5. The zero-order chi connectivity index (χ0) is 25.3. The molecule has 2 atom stereocenters. The number of primary amides is 1. The maximum Gasteiger partial charge on any atom is 0.252 e. The van der Waals surface area contributed by atoms with Crippen molar-refractivity contribution >= 4 is 34.1 Å². The van der Waals surface area contributed by atoms with Crippen LogP contribution in [0.3, 0.4) is 0 Å². The highest BCUT2D eigenvalue weighted by molar-refractivity contribution is 5.99. The first-order valence-electron chi connectivity index (χ1n) is 11.4. The summed E-state index contributed by atoms with van der Waals surface area (Å²) < 4.78 is 18.3. The zero-order valence-corrected chi connectivity index (χ0v) is 20.2. The molecule has 0 bridgehead atoms. The highest BCUT2D eigenvalue weighted by atomic mass is 19.1. The number of amides is 1. The first kappa shape index (κ1) is 24.1. The van der Waals surface area contributed by atoms with Crippen molar-refractivity contribution in [3.05, 3.63) is 54.1 Å². The molecular weight excluding hydrogens is 449 g/mol. The number of hydrogen-bond acceptors (Lipinski definition) is 7. The molecule has 0 aliphatic carbocycles. The monoisotopic (exact) mass is 479 g/mol. The van der Waals surface area contributed by atoms with Gasteiger partial charge in [-0.25, -0.2) is 14.1 Å². The van der Waals surface area contributed by atoms with Crippen molar-refractivity contribution in [3.8, 4) is 5.82 Å². The number of fused-ring (bicyclic) bond motifs is 1. The third-order valence-corrected chi connectivity index (χ3v) is 5.74. The summed E-state index contributed by atoms with van der Waals surface area (Å²) in [5, 5.41) is 15.9. The lowest BCUT2D eigenvalue weighted by atomic mass is 9.99. The number of carbonyl (C=O) groups is 1. The summed E-state index contributed by atoms with van der Waals surface area (Å²) in [5.74, 6) is -0.342. The predicted molar refractivity (Wildman–Crippen MR) is 134 cm³/mol. The summed E-state index contributed by atoms with van der Waals surface area (Å²) in [6.45, 7) is 5.99. The number of nitrogens with two attached hydrogens (primary N) is 2. The molecule has 0 fully saturated rings. The molecule has 3 heterocycles. The number of aryl methyl sites for hydroxylation is 1. The smallest absolute Gasteiger partial charge is 0.252 e. The third-order valence-electron chi connectivity index (χ3n) is 5.74. The van der Waals surface area contributed by atoms with Crippen molar-refractivity contribution in [3.63, 3.8) is 0 Å². The Labute approximate surface area is 202 Å². The van der Waals surface area contributed by atoms with Gasteiger partial charge < -0.3 is 22.1 Å². The van der Waals surface area contributed by atoms with Crippen LogP contribution in [0, 0.1) is 11.7 Å². The number of anilines is 3. The van der Waals surface area contributed by atoms with Gasteiger partial charge in [0.2, 0.25) is 0 Å². The van der Waals surface area contributed by atoms with E-state index in [1.165, 1.54) is 0 Å². The third kappa shape index (κ3) is 5.09. The SMILES string of the molecule is CC(C)C[C@@H](Nc1nc(Nc2ccc3c(c2)c(-n2cccn2)nn3C)c(C(N)=O)cc1F)[C@H](C)N. The van der Waals surface area contributed by atoms with Gasteiger partial charge in [-0.15, -0.1) is 0 Å². The summed E-state index contributed by atoms with van der Waals surface area (Å²) in [6.07, 6.45) is 4.21. The Balaban J connectivity index is 1.73. The maximum absolute atomic E-state index is 14.9. The number of benzene rings is 1. The van der Waals surface area contributed by atoms with E-state index in [-0.39, 0.29) is 29.3 Å². The van der Waals surface area contributed by atoms with E-state index in [9.17, 15) is 9.18 Å². The lowest BCUT2D eigenvalue weighted by molar-refractivity contribution is 0.100. The van der Waals surface area contributed by atoms with Gasteiger partial charge in [-0.3, -0.25) is 9.48 Å². The number of nitrogens with one attached hydrogen (secondary N) is 2. The lowest BCUT2D eigenvalue weighted by Crippen LogP contribution is -2.39. The van der Waals surface area contributed by atoms with Crippen LogP contribution in [0.1, 0.15) is 37.6 Å². The molecule has 0 saturated heterocycles. The van der Waals surface area contributed by atoms with Crippen LogP contribution < -0.4 is 22.1 Å². The molecule has 0 unspecified atom stereocenters. The minimum absolute atomic E-state index is 0.000126. The van der Waals surface area contributed by atoms with E-state index in [1.807, 2.05) is 38.2 Å². The van der Waals surface area contributed by atoms with Crippen LogP contribution >= 0.6 is 0 Å². The molecule has 184 valence electrons. The van der Waals surface area contributed by atoms with Gasteiger partial charge >= 0.3 is 0 Å². The lowest BCUT2D eigenvalue weighted by Gasteiger charge is -2.25. The van der Waals surface area contributed by atoms with Crippen LogP contribution in [0.2, 0.25) is 0 Å². The Kier molecular flexibility index (Phi) is 6.70. The second kappa shape index (κ2) is 9.71. The predicted octanol–water partition coefficient (Wildman–Crippen LogP) is 3.31. The first-order chi connectivity index (χ1) is 16.6. The van der Waals surface area contributed by atoms with Crippen molar-refractivity contribution in [2.45, 2.75) is 39.3 Å². The molecule has 0 aliphatic heterocycles. The standard InChI is InChI=1S/C24H30FN9O/c1-13(2)10-19(14(3)26)30-23-18(25)12-17(21(27)35)22(31-23)29-15-6-7-20-16(11-15)24(32-33(20)4)34-9-5-8-28-34/h5-9,11-14,19H,10,26H2,1-4H3,(H2,27,35)(H2,29,30,31)/t14-,19+/m0/s1. The van der Waals surface area contributed by atoms with Crippen LogP contribution in [-0.2, 0) is 7.05 Å². The van der Waals surface area contributed by atoms with Crippen molar-refractivity contribution in [1.29, 1.82) is 0 Å². The van der Waals surface area contributed by atoms with Crippen LogP contribution in [0.5, 0.6) is 0 Å². The zero-order valence-electron chi connectivity index (χ0n) is 20.2. The van der Waals surface area contributed by atoms with Crippen LogP contribution in [0.4, 0.5) is 21.7 Å². The minimum Gasteiger partial charge on any atom is -0.365 e. The Bertz CT molecular complexity index is 1350. The average molecular weight is 480 g/mol. The largest absolute Gasteiger partial charge is 0.365 e. The fourth-order valence-electron chi connectivity index (χ4n) is 3.99. The summed E-state index contributed by atoms with van der Waals surface area (Å²) in [5.41, 5.74) is 13.1. The molecule has 4 aromatic rings. The van der Waals surface area contributed by atoms with Crippen molar-refractivity contribution in [1.82, 2.24) is 24.5 Å². The quantitative estimate of drug-likeness (QED) is 0.288. The summed E-state index contributed by atoms with van der Waals surface area (Å²) in [7, 11) is 1.85. The molecule has 4 rings (SSSR count). The van der Waals surface area contributed by atoms with Gasteiger partial charge in [0.05, 0.1) is 11.1 Å². The normalized spacial score (nSPS) is 13.2. The fraction of sp³-hybridized carbons (Fsp3) is 0.333. The number of nitrogens with zero attached hydrogens (tertiary/aromatic N) is 5. The Morgan fingerprint density at radius 2 is 1.97 bits per heavy atom. The van der Waals surface area contributed by atoms with Gasteiger partial charge in [0, 0.05) is 42.6 Å². The summed E-state index contributed by atoms with van der Waals surface area (Å²) >= 11 is 0. The van der Waals surface area contributed by atoms with Crippen molar-refractivity contribution in [2.24, 2.45) is 24.4 Å². The van der Waals surface area contributed by atoms with E-state index >= 15 is 0 Å². The Hall–Kier alpha value is -3.99. The van der Waals surface area contributed by atoms with Gasteiger partial charge in [-0.2, -0.15) is 10.2 Å². The number of rotatable bonds is 9. The van der Waals surface area contributed by atoms with Gasteiger partial charge in [0.1, 0.15) is 5.82 Å². The van der Waals surface area contributed by atoms with E-state index in [0.29, 0.717) is 17.4 Å². The second-order valence-corrected chi connectivity index (χ2v) is 9.07. The fourth-order valence-corrected chi connectivity index (χ4v) is 3.99. The molecule has 0 saturated carbocycles. The van der Waals surface area contributed by atoms with E-state index in [1.54, 1.807) is 21.8 Å². The molecule has 0 radical (unpaired) electrons. The first-order valence-corrected chi connectivity index (χ1v) is 11.4. The number of halogens is 1. The van der Waals surface area contributed by atoms with Crippen molar-refractivity contribution < 1.29 is 9.18 Å². The molecule has 11 heteroatoms. The van der Waals surface area contributed by atoms with E-state index in [2.05, 4.69) is 39.7 Å². The molecule has 6 N–H and O–H groups in total. The van der Waals surface area contributed by atoms with Gasteiger partial charge in [-0.05, 0) is 49.6 Å². The van der Waals surface area contributed by atoms with Crippen LogP contribution in [-0.4, -0.2) is 42.5 Å². The van der Waals surface area contributed by atoms with E-state index < -0.39 is 11.7 Å². The topological polar surface area (TPSA) is 142 Å². The molecule has 3 aromatic heterocycles. The highest BCUT2D eigenvalue weighted by Crippen LogP contribution is 2.29. The highest BCUT2D eigenvalue weighted by Gasteiger charge is 2.21. The maximum atomic E-state index is 14.9. The number of hydrogen-bond donors (Lipinski definition) is 4. The molecule has 1 aromatic carbocycles. The molecule has 0 aliphatic rings. The van der Waals surface area contributed by atoms with E-state index in [0.717, 1.165) is 23.4 Å². The van der Waals surface area contributed by atoms with E-state index in [4.69, 9.17) is 11.5 Å². The molecule has 10 nitrogen and oxygen atoms in total. The number of pyridine rings is 1. The Morgan fingerprint density at radius 3 is 2.60 bits per heavy atom. The summed E-state index contributed by atoms with van der Waals surface area (Å²) in [6, 6.07) is 8.04. The second-order valence-electron chi connectivity index (χ2n) is 9.07.